The minimum absolute atomic E-state index is 0.117. The van der Waals surface area contributed by atoms with Crippen LogP contribution in [0.25, 0.3) is 0 Å². The van der Waals surface area contributed by atoms with E-state index in [1.54, 1.807) is 0 Å². The van der Waals surface area contributed by atoms with Crippen molar-refractivity contribution in [3.05, 3.63) is 35.4 Å². The van der Waals surface area contributed by atoms with Crippen LogP contribution in [0.2, 0.25) is 0 Å². The molecule has 4 heteroatoms. The Labute approximate surface area is 119 Å². The highest BCUT2D eigenvalue weighted by Crippen LogP contribution is 2.32. The maximum absolute atomic E-state index is 12.1. The molecule has 1 aromatic carbocycles. The van der Waals surface area contributed by atoms with E-state index in [4.69, 9.17) is 5.73 Å². The summed E-state index contributed by atoms with van der Waals surface area (Å²) in [7, 11) is 0. The molecule has 1 saturated heterocycles. The third-order valence-corrected chi connectivity index (χ3v) is 3.75. The van der Waals surface area contributed by atoms with Crippen LogP contribution in [-0.4, -0.2) is 23.3 Å². The van der Waals surface area contributed by atoms with E-state index in [2.05, 4.69) is 0 Å². The Kier molecular flexibility index (Phi) is 3.95. The van der Waals surface area contributed by atoms with E-state index in [9.17, 15) is 9.59 Å². The summed E-state index contributed by atoms with van der Waals surface area (Å²) in [4.78, 5) is 25.5. The van der Waals surface area contributed by atoms with Gasteiger partial charge >= 0.3 is 0 Å². The molecule has 2 rings (SSSR count). The van der Waals surface area contributed by atoms with E-state index in [1.165, 1.54) is 4.90 Å². The van der Waals surface area contributed by atoms with Crippen molar-refractivity contribution >= 4 is 11.8 Å². The smallest absolute Gasteiger partial charge is 0.229 e. The predicted octanol–water partition coefficient (Wildman–Crippen LogP) is 2.17. The van der Waals surface area contributed by atoms with Crippen LogP contribution in [0.1, 0.15) is 43.9 Å². The first kappa shape index (κ1) is 14.7. The van der Waals surface area contributed by atoms with Crippen molar-refractivity contribution in [2.75, 3.05) is 6.54 Å². The fraction of sp³-hybridized carbons (Fsp3) is 0.500. The zero-order valence-corrected chi connectivity index (χ0v) is 12.3. The van der Waals surface area contributed by atoms with Crippen molar-refractivity contribution < 1.29 is 9.59 Å². The van der Waals surface area contributed by atoms with Crippen molar-refractivity contribution in [3.8, 4) is 0 Å². The molecule has 2 amide bonds. The number of hydrogen-bond donors (Lipinski definition) is 1. The van der Waals surface area contributed by atoms with Gasteiger partial charge in [-0.1, -0.05) is 43.7 Å². The number of carbonyl (C=O) groups excluding carboxylic acids is 2. The van der Waals surface area contributed by atoms with Gasteiger partial charge in [0.25, 0.3) is 0 Å². The van der Waals surface area contributed by atoms with Crippen LogP contribution in [-0.2, 0) is 9.59 Å². The van der Waals surface area contributed by atoms with E-state index in [0.717, 1.165) is 11.1 Å². The Morgan fingerprint density at radius 1 is 1.15 bits per heavy atom. The number of piperidine rings is 1. The third kappa shape index (κ3) is 3.25. The largest absolute Gasteiger partial charge is 0.322 e. The van der Waals surface area contributed by atoms with E-state index < -0.39 is 0 Å². The van der Waals surface area contributed by atoms with Gasteiger partial charge < -0.3 is 5.73 Å². The van der Waals surface area contributed by atoms with Gasteiger partial charge in [-0.05, 0) is 17.9 Å². The molecule has 0 bridgehead atoms. The summed E-state index contributed by atoms with van der Waals surface area (Å²) >= 11 is 0. The van der Waals surface area contributed by atoms with Crippen LogP contribution in [0.5, 0.6) is 0 Å². The lowest BCUT2D eigenvalue weighted by Gasteiger charge is -2.35. The number of rotatable bonds is 3. The second-order valence-electron chi connectivity index (χ2n) is 6.43. The van der Waals surface area contributed by atoms with Gasteiger partial charge in [-0.3, -0.25) is 14.5 Å². The molecule has 1 heterocycles. The summed E-state index contributed by atoms with van der Waals surface area (Å²) in [5.74, 6) is -0.234. The topological polar surface area (TPSA) is 63.4 Å². The fourth-order valence-electron chi connectivity index (χ4n) is 2.53. The summed E-state index contributed by atoms with van der Waals surface area (Å²) in [5.41, 5.74) is 7.99. The first-order valence-corrected chi connectivity index (χ1v) is 6.94. The van der Waals surface area contributed by atoms with E-state index in [-0.39, 0.29) is 29.8 Å². The van der Waals surface area contributed by atoms with Crippen molar-refractivity contribution in [3.63, 3.8) is 0 Å². The number of nitrogens with two attached hydrogens (primary N) is 1. The number of amides is 2. The van der Waals surface area contributed by atoms with Crippen molar-refractivity contribution in [1.29, 1.82) is 0 Å². The molecule has 1 aliphatic rings. The molecule has 0 spiro atoms. The summed E-state index contributed by atoms with van der Waals surface area (Å²) in [6.45, 7) is 6.16. The predicted molar refractivity (Wildman–Crippen MR) is 77.8 cm³/mol. The summed E-state index contributed by atoms with van der Waals surface area (Å²) in [6, 6.07) is 7.53. The summed E-state index contributed by atoms with van der Waals surface area (Å²) in [6.07, 6.45) is 0.804. The number of likely N-dealkylation sites (tertiary alicyclic amines) is 1. The van der Waals surface area contributed by atoms with Crippen LogP contribution in [0.15, 0.2) is 24.3 Å². The number of carbonyl (C=O) groups is 2. The number of hydrogen-bond acceptors (Lipinski definition) is 3. The Balaban J connectivity index is 2.07. The summed E-state index contributed by atoms with van der Waals surface area (Å²) < 4.78 is 0. The monoisotopic (exact) mass is 274 g/mol. The molecule has 0 radical (unpaired) electrons. The molecule has 0 aromatic heterocycles. The molecule has 1 aromatic rings. The molecular formula is C16H22N2O2. The fourth-order valence-corrected chi connectivity index (χ4v) is 2.53. The van der Waals surface area contributed by atoms with Gasteiger partial charge in [0.05, 0.1) is 0 Å². The number of aryl methyl sites for hydroxylation is 1. The van der Waals surface area contributed by atoms with Gasteiger partial charge in [0.2, 0.25) is 11.8 Å². The molecule has 4 nitrogen and oxygen atoms in total. The zero-order valence-electron chi connectivity index (χ0n) is 12.3. The average molecular weight is 274 g/mol. The van der Waals surface area contributed by atoms with E-state index >= 15 is 0 Å². The SMILES string of the molecule is Cc1ccc(C(N)CN2C(=O)CC(C)(C)CC2=O)cc1. The molecule has 1 aliphatic heterocycles. The second kappa shape index (κ2) is 5.37. The molecule has 20 heavy (non-hydrogen) atoms. The van der Waals surface area contributed by atoms with Gasteiger partial charge in [0, 0.05) is 25.4 Å². The zero-order chi connectivity index (χ0) is 14.9. The van der Waals surface area contributed by atoms with Crippen molar-refractivity contribution in [2.24, 2.45) is 11.1 Å². The van der Waals surface area contributed by atoms with Crippen LogP contribution < -0.4 is 5.73 Å². The van der Waals surface area contributed by atoms with Crippen molar-refractivity contribution in [1.82, 2.24) is 4.90 Å². The third-order valence-electron chi connectivity index (χ3n) is 3.75. The number of imide groups is 1. The molecule has 0 saturated carbocycles. The molecule has 1 atom stereocenters. The molecular weight excluding hydrogens is 252 g/mol. The lowest BCUT2D eigenvalue weighted by molar-refractivity contribution is -0.152. The Morgan fingerprint density at radius 3 is 2.15 bits per heavy atom. The molecule has 0 aliphatic carbocycles. The average Bonchev–Trinajstić information content (AvgIpc) is 2.33. The maximum Gasteiger partial charge on any atom is 0.229 e. The summed E-state index contributed by atoms with van der Waals surface area (Å²) in [5, 5.41) is 0. The Hall–Kier alpha value is -1.68. The van der Waals surface area contributed by atoms with Crippen LogP contribution in [0, 0.1) is 12.3 Å². The first-order valence-electron chi connectivity index (χ1n) is 6.94. The van der Waals surface area contributed by atoms with Gasteiger partial charge in [-0.2, -0.15) is 0 Å². The first-order chi connectivity index (χ1) is 9.28. The lowest BCUT2D eigenvalue weighted by Crippen LogP contribution is -2.48. The second-order valence-corrected chi connectivity index (χ2v) is 6.43. The molecule has 108 valence electrons. The highest BCUT2D eigenvalue weighted by Gasteiger charge is 2.37. The Bertz CT molecular complexity index is 500. The van der Waals surface area contributed by atoms with E-state index in [1.807, 2.05) is 45.0 Å². The van der Waals surface area contributed by atoms with Gasteiger partial charge in [0.1, 0.15) is 0 Å². The van der Waals surface area contributed by atoms with Crippen molar-refractivity contribution in [2.45, 2.75) is 39.7 Å². The molecule has 1 fully saturated rings. The van der Waals surface area contributed by atoms with Crippen LogP contribution >= 0.6 is 0 Å². The van der Waals surface area contributed by atoms with E-state index in [0.29, 0.717) is 12.8 Å². The van der Waals surface area contributed by atoms with Gasteiger partial charge in [0.15, 0.2) is 0 Å². The van der Waals surface area contributed by atoms with Crippen LogP contribution in [0.3, 0.4) is 0 Å². The molecule has 2 N–H and O–H groups in total. The highest BCUT2D eigenvalue weighted by atomic mass is 16.2. The van der Waals surface area contributed by atoms with Gasteiger partial charge in [-0.25, -0.2) is 0 Å². The highest BCUT2D eigenvalue weighted by molar-refractivity contribution is 5.98. The number of nitrogens with zero attached hydrogens (tertiary/aromatic N) is 1. The molecule has 1 unspecified atom stereocenters. The number of benzene rings is 1. The van der Waals surface area contributed by atoms with Gasteiger partial charge in [-0.15, -0.1) is 0 Å². The van der Waals surface area contributed by atoms with Crippen LogP contribution in [0.4, 0.5) is 0 Å². The lowest BCUT2D eigenvalue weighted by atomic mass is 9.81. The minimum atomic E-state index is -0.329. The normalized spacial score (nSPS) is 20.1. The minimum Gasteiger partial charge on any atom is -0.322 e. The maximum atomic E-state index is 12.1. The quantitative estimate of drug-likeness (QED) is 0.859. The standard InChI is InChI=1S/C16H22N2O2/c1-11-4-6-12(7-5-11)13(17)10-18-14(19)8-16(2,3)9-15(18)20/h4-7,13H,8-10,17H2,1-3H3. The Morgan fingerprint density at radius 2 is 1.65 bits per heavy atom.